The summed E-state index contributed by atoms with van der Waals surface area (Å²) in [6.07, 6.45) is 10.6. The highest BCUT2D eigenvalue weighted by molar-refractivity contribution is 8.00. The van der Waals surface area contributed by atoms with Crippen molar-refractivity contribution in [2.45, 2.75) is 50.2 Å². The molecule has 0 N–H and O–H groups in total. The number of ketones is 1. The van der Waals surface area contributed by atoms with Crippen molar-refractivity contribution < 1.29 is 9.53 Å². The van der Waals surface area contributed by atoms with Crippen LogP contribution >= 0.6 is 11.8 Å². The minimum absolute atomic E-state index is 0.190. The SMILES string of the molecule is O=C(CSC1CCCCC1)C1=CCCCO1. The van der Waals surface area contributed by atoms with Gasteiger partial charge in [0.1, 0.15) is 0 Å². The average Bonchev–Trinajstić information content (AvgIpc) is 2.38. The van der Waals surface area contributed by atoms with Gasteiger partial charge in [-0.1, -0.05) is 19.3 Å². The van der Waals surface area contributed by atoms with E-state index in [1.807, 2.05) is 17.8 Å². The number of thioether (sulfide) groups is 1. The molecule has 1 heterocycles. The zero-order chi connectivity index (χ0) is 11.2. The number of hydrogen-bond donors (Lipinski definition) is 0. The van der Waals surface area contributed by atoms with Gasteiger partial charge < -0.3 is 4.74 Å². The van der Waals surface area contributed by atoms with E-state index in [9.17, 15) is 4.79 Å². The van der Waals surface area contributed by atoms with Crippen LogP contribution in [0.3, 0.4) is 0 Å². The molecule has 3 heteroatoms. The Morgan fingerprint density at radius 2 is 2.12 bits per heavy atom. The minimum atomic E-state index is 0.190. The number of hydrogen-bond acceptors (Lipinski definition) is 3. The molecular formula is C13H20O2S. The zero-order valence-corrected chi connectivity index (χ0v) is 10.6. The van der Waals surface area contributed by atoms with Gasteiger partial charge in [0.2, 0.25) is 5.78 Å². The number of carbonyl (C=O) groups excluding carboxylic acids is 1. The van der Waals surface area contributed by atoms with Gasteiger partial charge in [-0.3, -0.25) is 4.79 Å². The first-order valence-electron chi connectivity index (χ1n) is 6.34. The summed E-state index contributed by atoms with van der Waals surface area (Å²) in [5.41, 5.74) is 0. The Kier molecular flexibility index (Phi) is 4.76. The second-order valence-corrected chi connectivity index (χ2v) is 5.84. The molecular weight excluding hydrogens is 220 g/mol. The molecule has 0 aromatic heterocycles. The van der Waals surface area contributed by atoms with Crippen LogP contribution in [0.1, 0.15) is 44.9 Å². The van der Waals surface area contributed by atoms with E-state index in [4.69, 9.17) is 4.74 Å². The molecule has 0 bridgehead atoms. The maximum Gasteiger partial charge on any atom is 0.206 e. The maximum atomic E-state index is 11.8. The Labute approximate surface area is 102 Å². The van der Waals surface area contributed by atoms with Crippen LogP contribution < -0.4 is 0 Å². The lowest BCUT2D eigenvalue weighted by atomic mass is 10.0. The first-order valence-corrected chi connectivity index (χ1v) is 7.39. The average molecular weight is 240 g/mol. The molecule has 0 amide bonds. The smallest absolute Gasteiger partial charge is 0.206 e. The van der Waals surface area contributed by atoms with Crippen LogP contribution in [0.15, 0.2) is 11.8 Å². The molecule has 2 nitrogen and oxygen atoms in total. The molecule has 1 fully saturated rings. The van der Waals surface area contributed by atoms with Crippen LogP contribution in [0.5, 0.6) is 0 Å². The van der Waals surface area contributed by atoms with Gasteiger partial charge in [-0.15, -0.1) is 0 Å². The molecule has 1 aliphatic carbocycles. The fourth-order valence-electron chi connectivity index (χ4n) is 2.25. The van der Waals surface area contributed by atoms with E-state index in [0.717, 1.165) is 12.8 Å². The molecule has 0 unspecified atom stereocenters. The van der Waals surface area contributed by atoms with E-state index in [0.29, 0.717) is 23.4 Å². The highest BCUT2D eigenvalue weighted by atomic mass is 32.2. The van der Waals surface area contributed by atoms with Gasteiger partial charge >= 0.3 is 0 Å². The van der Waals surface area contributed by atoms with Crippen molar-refractivity contribution >= 4 is 17.5 Å². The maximum absolute atomic E-state index is 11.8. The molecule has 0 saturated heterocycles. The van der Waals surface area contributed by atoms with E-state index < -0.39 is 0 Å². The number of ether oxygens (including phenoxy) is 1. The predicted octanol–water partition coefficient (Wildman–Crippen LogP) is 3.32. The molecule has 1 saturated carbocycles. The molecule has 2 aliphatic rings. The van der Waals surface area contributed by atoms with Crippen molar-refractivity contribution in [1.82, 2.24) is 0 Å². The molecule has 2 rings (SSSR count). The van der Waals surface area contributed by atoms with Crippen molar-refractivity contribution in [2.24, 2.45) is 0 Å². The number of rotatable bonds is 4. The second-order valence-electron chi connectivity index (χ2n) is 4.55. The highest BCUT2D eigenvalue weighted by Crippen LogP contribution is 2.28. The summed E-state index contributed by atoms with van der Waals surface area (Å²) >= 11 is 1.83. The van der Waals surface area contributed by atoms with Crippen LogP contribution in [0.4, 0.5) is 0 Å². The monoisotopic (exact) mass is 240 g/mol. The van der Waals surface area contributed by atoms with Crippen molar-refractivity contribution in [2.75, 3.05) is 12.4 Å². The summed E-state index contributed by atoms with van der Waals surface area (Å²) in [6, 6.07) is 0. The predicted molar refractivity (Wildman–Crippen MR) is 67.6 cm³/mol. The van der Waals surface area contributed by atoms with Gasteiger partial charge in [0.25, 0.3) is 0 Å². The zero-order valence-electron chi connectivity index (χ0n) is 9.74. The molecule has 0 aromatic carbocycles. The first-order chi connectivity index (χ1) is 7.86. The number of carbonyl (C=O) groups is 1. The van der Waals surface area contributed by atoms with Crippen molar-refractivity contribution in [3.05, 3.63) is 11.8 Å². The van der Waals surface area contributed by atoms with E-state index in [2.05, 4.69) is 0 Å². The van der Waals surface area contributed by atoms with E-state index in [-0.39, 0.29) is 5.78 Å². The van der Waals surface area contributed by atoms with Crippen molar-refractivity contribution in [1.29, 1.82) is 0 Å². The normalized spacial score (nSPS) is 22.4. The first kappa shape index (κ1) is 12.0. The van der Waals surface area contributed by atoms with Gasteiger partial charge in [-0.2, -0.15) is 11.8 Å². The van der Waals surface area contributed by atoms with E-state index in [1.54, 1.807) is 0 Å². The van der Waals surface area contributed by atoms with E-state index >= 15 is 0 Å². The lowest BCUT2D eigenvalue weighted by molar-refractivity contribution is -0.116. The lowest BCUT2D eigenvalue weighted by Crippen LogP contribution is -2.16. The quantitative estimate of drug-likeness (QED) is 0.754. The molecule has 1 aliphatic heterocycles. The molecule has 0 aromatic rings. The fraction of sp³-hybridized carbons (Fsp3) is 0.769. The van der Waals surface area contributed by atoms with Gasteiger partial charge in [0.15, 0.2) is 5.76 Å². The van der Waals surface area contributed by atoms with Crippen LogP contribution in [0.2, 0.25) is 0 Å². The summed E-state index contributed by atoms with van der Waals surface area (Å²) in [7, 11) is 0. The lowest BCUT2D eigenvalue weighted by Gasteiger charge is -2.21. The Hall–Kier alpha value is -0.440. The molecule has 0 radical (unpaired) electrons. The fourth-order valence-corrected chi connectivity index (χ4v) is 3.44. The molecule has 90 valence electrons. The summed E-state index contributed by atoms with van der Waals surface area (Å²) in [5.74, 6) is 1.42. The topological polar surface area (TPSA) is 26.3 Å². The van der Waals surface area contributed by atoms with Gasteiger partial charge in [0.05, 0.1) is 12.4 Å². The van der Waals surface area contributed by atoms with Gasteiger partial charge in [-0.25, -0.2) is 0 Å². The standard InChI is InChI=1S/C13H20O2S/c14-12(13-8-4-5-9-15-13)10-16-11-6-2-1-3-7-11/h8,11H,1-7,9-10H2. The summed E-state index contributed by atoms with van der Waals surface area (Å²) in [5, 5.41) is 0.710. The van der Waals surface area contributed by atoms with Crippen LogP contribution in [0.25, 0.3) is 0 Å². The van der Waals surface area contributed by atoms with Crippen LogP contribution in [-0.4, -0.2) is 23.4 Å². The summed E-state index contributed by atoms with van der Waals surface area (Å²) in [6.45, 7) is 0.714. The number of Topliss-reactive ketones (excluding diaryl/α,β-unsaturated/α-hetero) is 1. The Morgan fingerprint density at radius 1 is 1.31 bits per heavy atom. The number of allylic oxidation sites excluding steroid dienone is 2. The molecule has 16 heavy (non-hydrogen) atoms. The molecule has 0 spiro atoms. The Morgan fingerprint density at radius 3 is 2.81 bits per heavy atom. The van der Waals surface area contributed by atoms with Gasteiger partial charge in [0, 0.05) is 5.25 Å². The highest BCUT2D eigenvalue weighted by Gasteiger charge is 2.18. The van der Waals surface area contributed by atoms with Crippen LogP contribution in [-0.2, 0) is 9.53 Å². The largest absolute Gasteiger partial charge is 0.490 e. The third-order valence-corrected chi connectivity index (χ3v) is 4.58. The third kappa shape index (κ3) is 3.55. The van der Waals surface area contributed by atoms with Crippen molar-refractivity contribution in [3.63, 3.8) is 0 Å². The second kappa shape index (κ2) is 6.33. The van der Waals surface area contributed by atoms with Gasteiger partial charge in [-0.05, 0) is 31.8 Å². The molecule has 0 atom stereocenters. The third-order valence-electron chi connectivity index (χ3n) is 3.21. The minimum Gasteiger partial charge on any atom is -0.490 e. The summed E-state index contributed by atoms with van der Waals surface area (Å²) in [4.78, 5) is 11.8. The van der Waals surface area contributed by atoms with Crippen molar-refractivity contribution in [3.8, 4) is 0 Å². The van der Waals surface area contributed by atoms with E-state index in [1.165, 1.54) is 32.1 Å². The Bertz CT molecular complexity index is 267. The Balaban J connectivity index is 1.72. The van der Waals surface area contributed by atoms with Crippen LogP contribution in [0, 0.1) is 0 Å². The summed E-state index contributed by atoms with van der Waals surface area (Å²) < 4.78 is 5.38.